The Morgan fingerprint density at radius 2 is 1.49 bits per heavy atom. The predicted octanol–water partition coefficient (Wildman–Crippen LogP) is 5.11. The first-order valence-corrected chi connectivity index (χ1v) is 15.7. The average molecular weight is 593 g/mol. The number of ketones is 2. The smallest absolute Gasteiger partial charge is 0.330 e. The number of amides is 2. The third-order valence-corrected chi connectivity index (χ3v) is 12.4. The maximum atomic E-state index is 14.2. The van der Waals surface area contributed by atoms with Gasteiger partial charge in [0, 0.05) is 25.2 Å². The number of fused-ring (bicyclic) bond motifs is 7. The molecule has 4 saturated carbocycles. The molecule has 234 valence electrons. The van der Waals surface area contributed by atoms with Crippen LogP contribution in [0.3, 0.4) is 0 Å². The molecule has 0 spiro atoms. The maximum Gasteiger partial charge on any atom is 0.336 e. The Morgan fingerprint density at radius 3 is 2.12 bits per heavy atom. The molecule has 8 heteroatoms. The van der Waals surface area contributed by atoms with Gasteiger partial charge in [-0.15, -0.1) is 31.1 Å². The summed E-state index contributed by atoms with van der Waals surface area (Å²) in [5, 5.41) is 0.647. The van der Waals surface area contributed by atoms with Crippen molar-refractivity contribution in [1.29, 1.82) is 0 Å². The van der Waals surface area contributed by atoms with E-state index in [9.17, 15) is 24.0 Å². The van der Waals surface area contributed by atoms with Gasteiger partial charge < -0.3 is 10.6 Å². The molecule has 2 N–H and O–H groups in total. The molecule has 9 atom stereocenters. The molecule has 5 fully saturated rings. The molecule has 0 radical (unpaired) electrons. The second kappa shape index (κ2) is 11.5. The molecule has 8 nitrogen and oxygen atoms in total. The highest BCUT2D eigenvalue weighted by Crippen LogP contribution is 2.69. The van der Waals surface area contributed by atoms with E-state index in [-0.39, 0.29) is 64.3 Å². The Bertz CT molecular complexity index is 1250. The lowest BCUT2D eigenvalue weighted by Crippen LogP contribution is -2.68. The first kappa shape index (κ1) is 32.9. The first-order chi connectivity index (χ1) is 20.2. The van der Waals surface area contributed by atoms with Crippen molar-refractivity contribution in [1.82, 2.24) is 5.06 Å². The van der Waals surface area contributed by atoms with Gasteiger partial charge >= 0.3 is 5.97 Å². The summed E-state index contributed by atoms with van der Waals surface area (Å²) in [6, 6.07) is 0. The average Bonchev–Trinajstić information content (AvgIpc) is 3.28. The van der Waals surface area contributed by atoms with Crippen molar-refractivity contribution < 1.29 is 28.8 Å². The Morgan fingerprint density at radius 1 is 0.884 bits per heavy atom. The summed E-state index contributed by atoms with van der Waals surface area (Å²) in [5.41, 5.74) is 6.40. The van der Waals surface area contributed by atoms with E-state index in [1.165, 1.54) is 5.57 Å². The van der Waals surface area contributed by atoms with Crippen LogP contribution < -0.4 is 5.73 Å². The number of carbonyl (C=O) groups excluding carboxylic acids is 5. The van der Waals surface area contributed by atoms with Gasteiger partial charge in [-0.1, -0.05) is 26.3 Å². The topological polar surface area (TPSA) is 124 Å². The van der Waals surface area contributed by atoms with Gasteiger partial charge in [0.1, 0.15) is 0 Å². The maximum absolute atomic E-state index is 14.2. The summed E-state index contributed by atoms with van der Waals surface area (Å²) in [6.45, 7) is 14.6. The molecule has 1 heterocycles. The van der Waals surface area contributed by atoms with Crippen molar-refractivity contribution in [3.8, 4) is 12.8 Å². The molecule has 6 rings (SSSR count). The lowest BCUT2D eigenvalue weighted by atomic mass is 9.38. The highest BCUT2D eigenvalue weighted by molar-refractivity contribution is 6.01. The number of nitrogens with two attached hydrogens (primary N) is 1. The fraction of sp³-hybridized carbons (Fsp3) is 0.686. The number of hydrogen-bond donors (Lipinski definition) is 1. The Balaban J connectivity index is 0.00000102. The number of allylic oxidation sites excluding steroid dienone is 2. The van der Waals surface area contributed by atoms with Crippen molar-refractivity contribution in [3.63, 3.8) is 0 Å². The third kappa shape index (κ3) is 4.92. The first-order valence-electron chi connectivity index (χ1n) is 15.7. The number of hydrogen-bond acceptors (Lipinski definition) is 7. The number of Topliss-reactive ketones (excluding diaryl/α,β-unsaturated/α-hetero) is 1. The molecule has 1 aliphatic heterocycles. The van der Waals surface area contributed by atoms with E-state index in [1.54, 1.807) is 0 Å². The highest BCUT2D eigenvalue weighted by Gasteiger charge is 2.67. The summed E-state index contributed by atoms with van der Waals surface area (Å²) >= 11 is 0. The van der Waals surface area contributed by atoms with Crippen LogP contribution in [0.1, 0.15) is 98.3 Å². The number of nitrogens with zero attached hydrogens (tertiary/aromatic N) is 1. The summed E-state index contributed by atoms with van der Waals surface area (Å²) < 4.78 is 0. The monoisotopic (exact) mass is 592 g/mol. The van der Waals surface area contributed by atoms with Gasteiger partial charge in [-0.2, -0.15) is 0 Å². The van der Waals surface area contributed by atoms with Crippen LogP contribution >= 0.6 is 0 Å². The normalized spacial score (nSPS) is 43.3. The SMILES string of the molecule is C#C.C=C.CC12CCC3C(=CC(=O)C4C3(C)CCC3C4(C)CCC(=O)[C@]3(C)N)C1C[C@@H](C(=O)ON1C(=O)CCC1=O)CC2. The van der Waals surface area contributed by atoms with Crippen LogP contribution in [0.4, 0.5) is 0 Å². The molecule has 5 aliphatic carbocycles. The zero-order chi connectivity index (χ0) is 32.1. The van der Waals surface area contributed by atoms with E-state index in [4.69, 9.17) is 10.6 Å². The Kier molecular flexibility index (Phi) is 8.76. The van der Waals surface area contributed by atoms with Crippen molar-refractivity contribution >= 4 is 29.4 Å². The van der Waals surface area contributed by atoms with Crippen molar-refractivity contribution in [2.75, 3.05) is 0 Å². The van der Waals surface area contributed by atoms with E-state index in [1.807, 2.05) is 13.0 Å². The molecule has 43 heavy (non-hydrogen) atoms. The zero-order valence-corrected chi connectivity index (χ0v) is 26.3. The van der Waals surface area contributed by atoms with E-state index < -0.39 is 29.2 Å². The van der Waals surface area contributed by atoms with E-state index in [0.717, 1.165) is 32.1 Å². The van der Waals surface area contributed by atoms with Gasteiger partial charge in [0.15, 0.2) is 11.6 Å². The van der Waals surface area contributed by atoms with Crippen LogP contribution in [-0.4, -0.2) is 40.0 Å². The second-order valence-electron chi connectivity index (χ2n) is 14.5. The van der Waals surface area contributed by atoms with Crippen LogP contribution in [0.25, 0.3) is 0 Å². The minimum Gasteiger partial charge on any atom is -0.330 e. The summed E-state index contributed by atoms with van der Waals surface area (Å²) in [5.74, 6) is -1.46. The summed E-state index contributed by atoms with van der Waals surface area (Å²) in [7, 11) is 0. The van der Waals surface area contributed by atoms with Crippen LogP contribution in [0.15, 0.2) is 24.8 Å². The molecule has 0 bridgehead atoms. The number of carbonyl (C=O) groups is 5. The number of terminal acetylenes is 1. The third-order valence-electron chi connectivity index (χ3n) is 12.4. The predicted molar refractivity (Wildman–Crippen MR) is 162 cm³/mol. The Hall–Kier alpha value is -3.05. The minimum atomic E-state index is -0.904. The Labute approximate surface area is 256 Å². The van der Waals surface area contributed by atoms with Gasteiger partial charge in [-0.25, -0.2) is 4.79 Å². The highest BCUT2D eigenvalue weighted by atomic mass is 16.7. The van der Waals surface area contributed by atoms with Gasteiger partial charge in [0.25, 0.3) is 11.8 Å². The number of hydroxylamine groups is 2. The lowest BCUT2D eigenvalue weighted by molar-refractivity contribution is -0.202. The van der Waals surface area contributed by atoms with E-state index in [0.29, 0.717) is 30.7 Å². The molecule has 1 saturated heterocycles. The number of imide groups is 1. The van der Waals surface area contributed by atoms with E-state index >= 15 is 0 Å². The molecular weight excluding hydrogens is 544 g/mol. The van der Waals surface area contributed by atoms with Crippen molar-refractivity contribution in [2.45, 2.75) is 104 Å². The minimum absolute atomic E-state index is 0.00390. The lowest BCUT2D eigenvalue weighted by Gasteiger charge is -2.66. The molecule has 0 aromatic rings. The number of rotatable bonds is 2. The molecule has 7 unspecified atom stereocenters. The zero-order valence-electron chi connectivity index (χ0n) is 26.3. The molecule has 2 amide bonds. The second-order valence-corrected chi connectivity index (χ2v) is 14.5. The van der Waals surface area contributed by atoms with E-state index in [2.05, 4.69) is 46.8 Å². The van der Waals surface area contributed by atoms with Gasteiger partial charge in [0.05, 0.1) is 11.5 Å². The van der Waals surface area contributed by atoms with Crippen molar-refractivity contribution in [2.24, 2.45) is 51.6 Å². The van der Waals surface area contributed by atoms with Crippen LogP contribution in [0.2, 0.25) is 0 Å². The molecule has 0 aromatic heterocycles. The van der Waals surface area contributed by atoms with Crippen LogP contribution in [-0.2, 0) is 28.8 Å². The molecular formula is C35H48N2O6. The summed E-state index contributed by atoms with van der Waals surface area (Å²) in [6.07, 6.45) is 17.0. The quantitative estimate of drug-likeness (QED) is 0.269. The van der Waals surface area contributed by atoms with Crippen LogP contribution in [0.5, 0.6) is 0 Å². The van der Waals surface area contributed by atoms with Crippen LogP contribution in [0, 0.1) is 58.7 Å². The summed E-state index contributed by atoms with van der Waals surface area (Å²) in [4.78, 5) is 69.4. The largest absolute Gasteiger partial charge is 0.336 e. The van der Waals surface area contributed by atoms with Gasteiger partial charge in [-0.3, -0.25) is 19.2 Å². The van der Waals surface area contributed by atoms with Gasteiger partial charge in [0.2, 0.25) is 0 Å². The molecule has 6 aliphatic rings. The standard InChI is InChI=1S/C31H42N2O6.C2H4.C2H2/c1-28-11-7-17(27(38)39-33-24(36)5-6-25(33)37)15-20(28)18-16-21(34)26-29(2,19(18)8-12-28)13-9-22-30(26,3)14-10-23(35)31(22,4)32;2*1-2/h16-17,19-20,22,26H,5-15,32H2,1-4H3;1-2H2;1-2H/t17-,19?,20?,22?,26?,28?,29?,30?,31+;;/m0../s1. The fourth-order valence-electron chi connectivity index (χ4n) is 10.3. The fourth-order valence-corrected chi connectivity index (χ4v) is 10.3. The van der Waals surface area contributed by atoms with Gasteiger partial charge in [-0.05, 0) is 98.4 Å². The van der Waals surface area contributed by atoms with Crippen molar-refractivity contribution in [3.05, 3.63) is 24.8 Å². The molecule has 0 aromatic carbocycles.